The summed E-state index contributed by atoms with van der Waals surface area (Å²) in [6.45, 7) is 0.935. The second kappa shape index (κ2) is 6.73. The summed E-state index contributed by atoms with van der Waals surface area (Å²) in [6, 6.07) is 3.03. The average Bonchev–Trinajstić information content (AvgIpc) is 3.02. The molecule has 0 spiro atoms. The van der Waals surface area contributed by atoms with Gasteiger partial charge in [0.05, 0.1) is 6.04 Å². The first-order valence-corrected chi connectivity index (χ1v) is 7.33. The SMILES string of the molecule is CN1CCNCC1c1noc(-c2cccnc2OCC(F)(F)F)n1. The fourth-order valence-electron chi connectivity index (χ4n) is 2.39. The van der Waals surface area contributed by atoms with Crippen molar-refractivity contribution < 1.29 is 22.4 Å². The van der Waals surface area contributed by atoms with Gasteiger partial charge in [-0.2, -0.15) is 18.2 Å². The highest BCUT2D eigenvalue weighted by atomic mass is 19.4. The number of ether oxygens (including phenoxy) is 1. The highest BCUT2D eigenvalue weighted by Gasteiger charge is 2.30. The maximum absolute atomic E-state index is 12.3. The van der Waals surface area contributed by atoms with Gasteiger partial charge in [-0.1, -0.05) is 5.16 Å². The number of halogens is 3. The summed E-state index contributed by atoms with van der Waals surface area (Å²) in [4.78, 5) is 10.2. The molecule has 0 bridgehead atoms. The molecule has 2 aromatic rings. The average molecular weight is 343 g/mol. The zero-order valence-corrected chi connectivity index (χ0v) is 12.9. The first-order valence-electron chi connectivity index (χ1n) is 7.33. The summed E-state index contributed by atoms with van der Waals surface area (Å²) >= 11 is 0. The van der Waals surface area contributed by atoms with Gasteiger partial charge in [-0.05, 0) is 19.2 Å². The van der Waals surface area contributed by atoms with Crippen molar-refractivity contribution >= 4 is 0 Å². The standard InChI is InChI=1S/C14H16F3N5O2/c1-22-6-5-18-7-10(22)11-20-13(24-21-11)9-3-2-4-19-12(9)23-8-14(15,16)17/h2-4,10,18H,5-8H2,1H3. The van der Waals surface area contributed by atoms with Gasteiger partial charge in [0.25, 0.3) is 5.89 Å². The third kappa shape index (κ3) is 3.82. The van der Waals surface area contributed by atoms with E-state index in [9.17, 15) is 13.2 Å². The van der Waals surface area contributed by atoms with Gasteiger partial charge >= 0.3 is 6.18 Å². The predicted octanol–water partition coefficient (Wildman–Crippen LogP) is 1.65. The Hall–Kier alpha value is -2.20. The van der Waals surface area contributed by atoms with Crippen LogP contribution in [0.1, 0.15) is 11.9 Å². The Bertz CT molecular complexity index is 691. The third-order valence-corrected chi connectivity index (χ3v) is 3.62. The minimum atomic E-state index is -4.45. The molecule has 10 heteroatoms. The minimum absolute atomic E-state index is 0.0625. The molecular formula is C14H16F3N5O2. The molecule has 0 aliphatic carbocycles. The molecule has 130 valence electrons. The Morgan fingerprint density at radius 1 is 1.46 bits per heavy atom. The fourth-order valence-corrected chi connectivity index (χ4v) is 2.39. The molecule has 7 nitrogen and oxygen atoms in total. The maximum Gasteiger partial charge on any atom is 0.422 e. The van der Waals surface area contributed by atoms with Gasteiger partial charge in [0.1, 0.15) is 5.56 Å². The van der Waals surface area contributed by atoms with Crippen LogP contribution in [-0.2, 0) is 0 Å². The van der Waals surface area contributed by atoms with Crippen LogP contribution in [0.15, 0.2) is 22.9 Å². The highest BCUT2D eigenvalue weighted by molar-refractivity contribution is 5.59. The Morgan fingerprint density at radius 3 is 3.04 bits per heavy atom. The number of nitrogens with zero attached hydrogens (tertiary/aromatic N) is 4. The second-order valence-corrected chi connectivity index (χ2v) is 5.42. The van der Waals surface area contributed by atoms with E-state index in [2.05, 4.69) is 25.3 Å². The van der Waals surface area contributed by atoms with Gasteiger partial charge in [-0.15, -0.1) is 0 Å². The number of alkyl halides is 3. The lowest BCUT2D eigenvalue weighted by Gasteiger charge is -2.30. The van der Waals surface area contributed by atoms with Gasteiger partial charge in [0, 0.05) is 25.8 Å². The first-order chi connectivity index (χ1) is 11.4. The number of piperazine rings is 1. The van der Waals surface area contributed by atoms with Crippen LogP contribution >= 0.6 is 0 Å². The van der Waals surface area contributed by atoms with E-state index < -0.39 is 12.8 Å². The van der Waals surface area contributed by atoms with E-state index in [1.54, 1.807) is 6.07 Å². The lowest BCUT2D eigenvalue weighted by Crippen LogP contribution is -2.44. The molecule has 2 aromatic heterocycles. The molecule has 1 fully saturated rings. The molecule has 1 aliphatic heterocycles. The number of pyridine rings is 1. The third-order valence-electron chi connectivity index (χ3n) is 3.62. The van der Waals surface area contributed by atoms with Gasteiger partial charge in [-0.3, -0.25) is 4.90 Å². The molecule has 0 amide bonds. The molecule has 1 atom stereocenters. The van der Waals surface area contributed by atoms with Crippen LogP contribution in [-0.4, -0.2) is 59.5 Å². The molecule has 0 saturated carbocycles. The minimum Gasteiger partial charge on any atom is -0.467 e. The fraction of sp³-hybridized carbons (Fsp3) is 0.500. The van der Waals surface area contributed by atoms with Crippen molar-refractivity contribution in [3.63, 3.8) is 0 Å². The lowest BCUT2D eigenvalue weighted by molar-refractivity contribution is -0.154. The van der Waals surface area contributed by atoms with Crippen LogP contribution < -0.4 is 10.1 Å². The molecule has 0 aromatic carbocycles. The van der Waals surface area contributed by atoms with Crippen molar-refractivity contribution in [2.24, 2.45) is 0 Å². The molecule has 3 rings (SSSR count). The van der Waals surface area contributed by atoms with Crippen LogP contribution in [0.5, 0.6) is 5.88 Å². The number of rotatable bonds is 4. The monoisotopic (exact) mass is 343 g/mol. The molecular weight excluding hydrogens is 327 g/mol. The Morgan fingerprint density at radius 2 is 2.29 bits per heavy atom. The molecule has 1 unspecified atom stereocenters. The van der Waals surface area contributed by atoms with E-state index in [1.165, 1.54) is 12.3 Å². The van der Waals surface area contributed by atoms with Crippen LogP contribution in [0.25, 0.3) is 11.5 Å². The zero-order valence-electron chi connectivity index (χ0n) is 12.9. The smallest absolute Gasteiger partial charge is 0.422 e. The number of hydrogen-bond donors (Lipinski definition) is 1. The van der Waals surface area contributed by atoms with E-state index in [1.807, 2.05) is 7.05 Å². The number of hydrogen-bond acceptors (Lipinski definition) is 7. The quantitative estimate of drug-likeness (QED) is 0.904. The molecule has 0 radical (unpaired) electrons. The first kappa shape index (κ1) is 16.7. The maximum atomic E-state index is 12.3. The number of aromatic nitrogens is 3. The highest BCUT2D eigenvalue weighted by Crippen LogP contribution is 2.29. The normalized spacial score (nSPS) is 19.4. The van der Waals surface area contributed by atoms with E-state index in [-0.39, 0.29) is 23.4 Å². The van der Waals surface area contributed by atoms with Crippen molar-refractivity contribution in [3.05, 3.63) is 24.2 Å². The number of likely N-dealkylation sites (N-methyl/N-ethyl adjacent to an activating group) is 1. The van der Waals surface area contributed by atoms with Crippen LogP contribution in [0.4, 0.5) is 13.2 Å². The molecule has 3 heterocycles. The molecule has 1 N–H and O–H groups in total. The zero-order chi connectivity index (χ0) is 17.2. The van der Waals surface area contributed by atoms with Crippen molar-refractivity contribution in [3.8, 4) is 17.3 Å². The summed E-state index contributed by atoms with van der Waals surface area (Å²) in [5.41, 5.74) is 0.229. The topological polar surface area (TPSA) is 76.3 Å². The van der Waals surface area contributed by atoms with Crippen molar-refractivity contribution in [2.45, 2.75) is 12.2 Å². The van der Waals surface area contributed by atoms with Crippen molar-refractivity contribution in [1.29, 1.82) is 0 Å². The van der Waals surface area contributed by atoms with Crippen LogP contribution in [0.2, 0.25) is 0 Å². The summed E-state index contributed by atoms with van der Waals surface area (Å²) in [5, 5.41) is 7.18. The van der Waals surface area contributed by atoms with E-state index in [4.69, 9.17) is 9.26 Å². The molecule has 1 aliphatic rings. The van der Waals surface area contributed by atoms with Crippen molar-refractivity contribution in [2.75, 3.05) is 33.3 Å². The summed E-state index contributed by atoms with van der Waals surface area (Å²) < 4.78 is 47.0. The van der Waals surface area contributed by atoms with Crippen LogP contribution in [0.3, 0.4) is 0 Å². The second-order valence-electron chi connectivity index (χ2n) is 5.42. The van der Waals surface area contributed by atoms with Gasteiger partial charge < -0.3 is 14.6 Å². The van der Waals surface area contributed by atoms with E-state index in [0.29, 0.717) is 12.4 Å². The summed E-state index contributed by atoms with van der Waals surface area (Å²) in [5.74, 6) is 0.347. The van der Waals surface area contributed by atoms with Gasteiger partial charge in [-0.25, -0.2) is 4.98 Å². The molecule has 1 saturated heterocycles. The number of nitrogens with one attached hydrogen (secondary N) is 1. The Kier molecular flexibility index (Phi) is 4.67. The van der Waals surface area contributed by atoms with Gasteiger partial charge in [0.2, 0.25) is 5.88 Å². The van der Waals surface area contributed by atoms with E-state index in [0.717, 1.165) is 13.1 Å². The summed E-state index contributed by atoms with van der Waals surface area (Å²) in [6.07, 6.45) is -3.11. The van der Waals surface area contributed by atoms with Crippen molar-refractivity contribution in [1.82, 2.24) is 25.3 Å². The molecule has 24 heavy (non-hydrogen) atoms. The van der Waals surface area contributed by atoms with Crippen LogP contribution in [0, 0.1) is 0 Å². The lowest BCUT2D eigenvalue weighted by atomic mass is 10.2. The predicted molar refractivity (Wildman–Crippen MR) is 77.3 cm³/mol. The Balaban J connectivity index is 1.82. The Labute approximate surface area is 135 Å². The largest absolute Gasteiger partial charge is 0.467 e. The van der Waals surface area contributed by atoms with E-state index >= 15 is 0 Å². The van der Waals surface area contributed by atoms with Gasteiger partial charge in [0.15, 0.2) is 12.4 Å². The summed E-state index contributed by atoms with van der Waals surface area (Å²) in [7, 11) is 1.95.